The van der Waals surface area contributed by atoms with Crippen LogP contribution < -0.4 is 5.32 Å². The van der Waals surface area contributed by atoms with Crippen molar-refractivity contribution in [1.82, 2.24) is 10.3 Å². The van der Waals surface area contributed by atoms with Gasteiger partial charge in [-0.2, -0.15) is 0 Å². The largest absolute Gasteiger partial charge is 0.355 e. The molecule has 1 heterocycles. The van der Waals surface area contributed by atoms with Crippen molar-refractivity contribution in [1.29, 1.82) is 0 Å². The van der Waals surface area contributed by atoms with Crippen LogP contribution in [-0.4, -0.2) is 23.2 Å². The second kappa shape index (κ2) is 8.47. The Bertz CT molecular complexity index is 572. The lowest BCUT2D eigenvalue weighted by Crippen LogP contribution is -2.27. The molecule has 3 nitrogen and oxygen atoms in total. The smallest absolute Gasteiger partial charge is 0.230 e. The van der Waals surface area contributed by atoms with E-state index in [1.807, 2.05) is 18.3 Å². The highest BCUT2D eigenvalue weighted by Crippen LogP contribution is 2.13. The monoisotopic (exact) mass is 300 g/mol. The molecule has 1 aromatic heterocycles. The molecule has 0 aliphatic carbocycles. The van der Waals surface area contributed by atoms with Gasteiger partial charge in [-0.1, -0.05) is 35.9 Å². The highest BCUT2D eigenvalue weighted by molar-refractivity contribution is 7.99. The second-order valence-corrected chi connectivity index (χ2v) is 5.93. The van der Waals surface area contributed by atoms with E-state index in [4.69, 9.17) is 0 Å². The Morgan fingerprint density at radius 2 is 2.10 bits per heavy atom. The fourth-order valence-electron chi connectivity index (χ4n) is 2.01. The summed E-state index contributed by atoms with van der Waals surface area (Å²) < 4.78 is 0. The van der Waals surface area contributed by atoms with Crippen LogP contribution in [0.25, 0.3) is 0 Å². The van der Waals surface area contributed by atoms with Gasteiger partial charge < -0.3 is 5.32 Å². The third-order valence-corrected chi connectivity index (χ3v) is 4.05. The second-order valence-electron chi connectivity index (χ2n) is 4.94. The zero-order valence-corrected chi connectivity index (χ0v) is 13.0. The lowest BCUT2D eigenvalue weighted by Gasteiger charge is -2.06. The summed E-state index contributed by atoms with van der Waals surface area (Å²) in [4.78, 5) is 15.8. The standard InChI is InChI=1S/C17H20N2OS/c1-14-4-2-5-16(10-14)12-21-13-17(20)19-9-7-15-6-3-8-18-11-15/h2-6,8,10-11H,7,9,12-13H2,1H3,(H,19,20). The Morgan fingerprint density at radius 1 is 1.24 bits per heavy atom. The van der Waals surface area contributed by atoms with Crippen LogP contribution in [0.1, 0.15) is 16.7 Å². The number of rotatable bonds is 7. The molecule has 0 aliphatic heterocycles. The molecule has 0 aliphatic rings. The fraction of sp³-hybridized carbons (Fsp3) is 0.294. The minimum absolute atomic E-state index is 0.0940. The Balaban J connectivity index is 1.61. The first-order valence-electron chi connectivity index (χ1n) is 7.03. The Labute approximate surface area is 130 Å². The molecule has 0 unspecified atom stereocenters. The first kappa shape index (κ1) is 15.6. The van der Waals surface area contributed by atoms with Crippen LogP contribution in [0, 0.1) is 6.92 Å². The average Bonchev–Trinajstić information content (AvgIpc) is 2.48. The van der Waals surface area contributed by atoms with Gasteiger partial charge >= 0.3 is 0 Å². The minimum Gasteiger partial charge on any atom is -0.355 e. The molecule has 110 valence electrons. The van der Waals surface area contributed by atoms with Crippen LogP contribution in [-0.2, 0) is 17.0 Å². The first-order chi connectivity index (χ1) is 10.2. The summed E-state index contributed by atoms with van der Waals surface area (Å²) >= 11 is 1.65. The van der Waals surface area contributed by atoms with Gasteiger partial charge in [0.25, 0.3) is 0 Å². The van der Waals surface area contributed by atoms with E-state index in [2.05, 4.69) is 41.5 Å². The number of nitrogens with zero attached hydrogens (tertiary/aromatic N) is 1. The van der Waals surface area contributed by atoms with Gasteiger partial charge in [0.2, 0.25) is 5.91 Å². The SMILES string of the molecule is Cc1cccc(CSCC(=O)NCCc2cccnc2)c1. The minimum atomic E-state index is 0.0940. The van der Waals surface area contributed by atoms with Gasteiger partial charge in [0, 0.05) is 24.7 Å². The third-order valence-electron chi connectivity index (χ3n) is 3.04. The summed E-state index contributed by atoms with van der Waals surface area (Å²) in [6.45, 7) is 2.74. The van der Waals surface area contributed by atoms with E-state index >= 15 is 0 Å². The van der Waals surface area contributed by atoms with E-state index in [0.29, 0.717) is 12.3 Å². The molecule has 2 rings (SSSR count). The van der Waals surface area contributed by atoms with E-state index < -0.39 is 0 Å². The summed E-state index contributed by atoms with van der Waals surface area (Å²) in [7, 11) is 0. The lowest BCUT2D eigenvalue weighted by molar-refractivity contribution is -0.118. The summed E-state index contributed by atoms with van der Waals surface area (Å²) in [6.07, 6.45) is 4.41. The Kier molecular flexibility index (Phi) is 6.28. The quantitative estimate of drug-likeness (QED) is 0.855. The van der Waals surface area contributed by atoms with Crippen LogP contribution >= 0.6 is 11.8 Å². The first-order valence-corrected chi connectivity index (χ1v) is 8.18. The highest BCUT2D eigenvalue weighted by atomic mass is 32.2. The molecule has 21 heavy (non-hydrogen) atoms. The number of carbonyl (C=O) groups is 1. The number of hydrogen-bond donors (Lipinski definition) is 1. The number of nitrogens with one attached hydrogen (secondary N) is 1. The zero-order chi connectivity index (χ0) is 14.9. The zero-order valence-electron chi connectivity index (χ0n) is 12.2. The lowest BCUT2D eigenvalue weighted by atomic mass is 10.2. The predicted molar refractivity (Wildman–Crippen MR) is 88.3 cm³/mol. The van der Waals surface area contributed by atoms with Crippen LogP contribution in [0.3, 0.4) is 0 Å². The van der Waals surface area contributed by atoms with E-state index in [1.165, 1.54) is 11.1 Å². The van der Waals surface area contributed by atoms with Crippen molar-refractivity contribution < 1.29 is 4.79 Å². The van der Waals surface area contributed by atoms with Crippen molar-refractivity contribution in [3.8, 4) is 0 Å². The van der Waals surface area contributed by atoms with Crippen LogP contribution in [0.4, 0.5) is 0 Å². The third kappa shape index (κ3) is 6.00. The molecular weight excluding hydrogens is 280 g/mol. The maximum Gasteiger partial charge on any atom is 0.230 e. The van der Waals surface area contributed by atoms with Crippen LogP contribution in [0.2, 0.25) is 0 Å². The molecule has 1 amide bonds. The Morgan fingerprint density at radius 3 is 2.86 bits per heavy atom. The van der Waals surface area contributed by atoms with Crippen molar-refractivity contribution in [3.05, 3.63) is 65.5 Å². The van der Waals surface area contributed by atoms with E-state index in [0.717, 1.165) is 17.7 Å². The fourth-order valence-corrected chi connectivity index (χ4v) is 2.81. The van der Waals surface area contributed by atoms with Crippen molar-refractivity contribution in [2.75, 3.05) is 12.3 Å². The summed E-state index contributed by atoms with van der Waals surface area (Å²) in [5, 5.41) is 2.94. The number of amides is 1. The van der Waals surface area contributed by atoms with Crippen LogP contribution in [0.15, 0.2) is 48.8 Å². The van der Waals surface area contributed by atoms with Gasteiger partial charge in [0.05, 0.1) is 5.75 Å². The molecule has 0 radical (unpaired) electrons. The van der Waals surface area contributed by atoms with Crippen LogP contribution in [0.5, 0.6) is 0 Å². The molecule has 0 bridgehead atoms. The van der Waals surface area contributed by atoms with Gasteiger partial charge in [-0.25, -0.2) is 0 Å². The van der Waals surface area contributed by atoms with Gasteiger partial charge in [-0.15, -0.1) is 11.8 Å². The molecular formula is C17H20N2OS. The van der Waals surface area contributed by atoms with Crippen molar-refractivity contribution in [3.63, 3.8) is 0 Å². The number of thioether (sulfide) groups is 1. The number of benzene rings is 1. The molecule has 2 aromatic rings. The number of pyridine rings is 1. The predicted octanol–water partition coefficient (Wildman–Crippen LogP) is 2.98. The molecule has 0 saturated carbocycles. The molecule has 1 aromatic carbocycles. The summed E-state index contributed by atoms with van der Waals surface area (Å²) in [6, 6.07) is 12.3. The number of aromatic nitrogens is 1. The number of aryl methyl sites for hydroxylation is 1. The average molecular weight is 300 g/mol. The topological polar surface area (TPSA) is 42.0 Å². The normalized spacial score (nSPS) is 10.3. The molecule has 0 saturated heterocycles. The van der Waals surface area contributed by atoms with Gasteiger partial charge in [-0.3, -0.25) is 9.78 Å². The van der Waals surface area contributed by atoms with Crippen molar-refractivity contribution >= 4 is 17.7 Å². The highest BCUT2D eigenvalue weighted by Gasteiger charge is 2.02. The molecule has 1 N–H and O–H groups in total. The number of hydrogen-bond acceptors (Lipinski definition) is 3. The van der Waals surface area contributed by atoms with E-state index in [-0.39, 0.29) is 5.91 Å². The molecule has 0 spiro atoms. The maximum atomic E-state index is 11.7. The maximum absolute atomic E-state index is 11.7. The molecule has 0 fully saturated rings. The molecule has 4 heteroatoms. The molecule has 0 atom stereocenters. The van der Waals surface area contributed by atoms with E-state index in [9.17, 15) is 4.79 Å². The summed E-state index contributed by atoms with van der Waals surface area (Å²) in [5.74, 6) is 1.47. The van der Waals surface area contributed by atoms with Gasteiger partial charge in [0.15, 0.2) is 0 Å². The van der Waals surface area contributed by atoms with Crippen molar-refractivity contribution in [2.24, 2.45) is 0 Å². The summed E-state index contributed by atoms with van der Waals surface area (Å²) in [5.41, 5.74) is 3.67. The van der Waals surface area contributed by atoms with Crippen molar-refractivity contribution in [2.45, 2.75) is 19.1 Å². The van der Waals surface area contributed by atoms with Gasteiger partial charge in [0.1, 0.15) is 0 Å². The van der Waals surface area contributed by atoms with Gasteiger partial charge in [-0.05, 0) is 30.5 Å². The Hall–Kier alpha value is -1.81. The van der Waals surface area contributed by atoms with E-state index in [1.54, 1.807) is 18.0 Å². The number of carbonyl (C=O) groups excluding carboxylic acids is 1.